The van der Waals surface area contributed by atoms with Crippen molar-refractivity contribution in [3.8, 4) is 11.8 Å². The Morgan fingerprint density at radius 2 is 2.16 bits per heavy atom. The third kappa shape index (κ3) is 4.98. The number of primary amides is 1. The smallest absolute Gasteiger partial charge is 0.231 e. The fourth-order valence-electron chi connectivity index (χ4n) is 1.68. The van der Waals surface area contributed by atoms with Crippen molar-refractivity contribution in [2.24, 2.45) is 5.73 Å². The largest absolute Gasteiger partial charge is 0.491 e. The minimum atomic E-state index is -0.355. The molecule has 0 unspecified atom stereocenters. The topological polar surface area (TPSA) is 79.3 Å². The number of benzene rings is 1. The zero-order valence-electron chi connectivity index (χ0n) is 11.3. The predicted octanol–water partition coefficient (Wildman–Crippen LogP) is 1.13. The van der Waals surface area contributed by atoms with Crippen LogP contribution < -0.4 is 10.5 Å². The first-order valence-corrected chi connectivity index (χ1v) is 6.19. The van der Waals surface area contributed by atoms with Crippen molar-refractivity contribution >= 4 is 5.91 Å². The molecular formula is C14H19N3O2. The van der Waals surface area contributed by atoms with Crippen LogP contribution in [0.4, 0.5) is 0 Å². The molecule has 1 amide bonds. The Balaban J connectivity index is 2.52. The van der Waals surface area contributed by atoms with Gasteiger partial charge in [0, 0.05) is 12.6 Å². The van der Waals surface area contributed by atoms with Crippen molar-refractivity contribution in [1.29, 1.82) is 5.26 Å². The summed E-state index contributed by atoms with van der Waals surface area (Å²) in [6.07, 6.45) is 0. The number of carbonyl (C=O) groups excluding carboxylic acids is 1. The van der Waals surface area contributed by atoms with Gasteiger partial charge in [0.05, 0.1) is 12.1 Å². The van der Waals surface area contributed by atoms with Gasteiger partial charge in [-0.1, -0.05) is 12.1 Å². The van der Waals surface area contributed by atoms with Gasteiger partial charge in [0.15, 0.2) is 0 Å². The number of hydrogen-bond acceptors (Lipinski definition) is 4. The van der Waals surface area contributed by atoms with Gasteiger partial charge in [-0.3, -0.25) is 9.69 Å². The molecule has 0 aliphatic heterocycles. The van der Waals surface area contributed by atoms with Crippen molar-refractivity contribution in [3.63, 3.8) is 0 Å². The number of amides is 1. The van der Waals surface area contributed by atoms with Crippen molar-refractivity contribution in [2.45, 2.75) is 19.9 Å². The van der Waals surface area contributed by atoms with Gasteiger partial charge in [0.25, 0.3) is 0 Å². The Morgan fingerprint density at radius 1 is 1.47 bits per heavy atom. The highest BCUT2D eigenvalue weighted by molar-refractivity contribution is 5.75. The number of hydrogen-bond donors (Lipinski definition) is 1. The lowest BCUT2D eigenvalue weighted by molar-refractivity contribution is -0.119. The highest BCUT2D eigenvalue weighted by atomic mass is 16.5. The van der Waals surface area contributed by atoms with Crippen LogP contribution in [-0.2, 0) is 4.79 Å². The highest BCUT2D eigenvalue weighted by Gasteiger charge is 2.12. The van der Waals surface area contributed by atoms with Crippen LogP contribution in [0.25, 0.3) is 0 Å². The Bertz CT molecular complexity index is 466. The molecule has 0 bridgehead atoms. The minimum Gasteiger partial charge on any atom is -0.491 e. The molecule has 5 nitrogen and oxygen atoms in total. The normalized spacial score (nSPS) is 10.5. The Labute approximate surface area is 113 Å². The molecule has 0 aliphatic rings. The fraction of sp³-hybridized carbons (Fsp3) is 0.429. The molecule has 1 rings (SSSR count). The number of rotatable bonds is 7. The van der Waals surface area contributed by atoms with Crippen LogP contribution in [0.2, 0.25) is 0 Å². The zero-order chi connectivity index (χ0) is 14.3. The van der Waals surface area contributed by atoms with Crippen LogP contribution in [-0.4, -0.2) is 36.5 Å². The second-order valence-corrected chi connectivity index (χ2v) is 4.49. The molecule has 0 aromatic heterocycles. The van der Waals surface area contributed by atoms with E-state index >= 15 is 0 Å². The molecule has 1 aromatic rings. The van der Waals surface area contributed by atoms with Gasteiger partial charge in [-0.2, -0.15) is 5.26 Å². The predicted molar refractivity (Wildman–Crippen MR) is 72.6 cm³/mol. The summed E-state index contributed by atoms with van der Waals surface area (Å²) in [5.74, 6) is 0.207. The molecule has 1 aromatic carbocycles. The van der Waals surface area contributed by atoms with Crippen molar-refractivity contribution in [2.75, 3.05) is 19.7 Å². The van der Waals surface area contributed by atoms with E-state index in [-0.39, 0.29) is 18.5 Å². The molecule has 102 valence electrons. The van der Waals surface area contributed by atoms with Gasteiger partial charge in [-0.15, -0.1) is 0 Å². The number of nitrogens with zero attached hydrogens (tertiary/aromatic N) is 2. The summed E-state index contributed by atoms with van der Waals surface area (Å²) in [6, 6.07) is 9.36. The summed E-state index contributed by atoms with van der Waals surface area (Å²) >= 11 is 0. The molecule has 0 heterocycles. The first kappa shape index (κ1) is 15.0. The SMILES string of the molecule is CC(C)N(CCOc1ccccc1C#N)CC(N)=O. The lowest BCUT2D eigenvalue weighted by Gasteiger charge is -2.24. The quantitative estimate of drug-likeness (QED) is 0.798. The third-order valence-electron chi connectivity index (χ3n) is 2.73. The number of nitriles is 1. The summed E-state index contributed by atoms with van der Waals surface area (Å²) in [5.41, 5.74) is 5.70. The second-order valence-electron chi connectivity index (χ2n) is 4.49. The van der Waals surface area contributed by atoms with E-state index in [0.717, 1.165) is 0 Å². The summed E-state index contributed by atoms with van der Waals surface area (Å²) in [6.45, 7) is 5.18. The molecule has 0 spiro atoms. The maximum Gasteiger partial charge on any atom is 0.231 e. The molecule has 0 saturated carbocycles. The molecule has 2 N–H and O–H groups in total. The maximum absolute atomic E-state index is 10.9. The third-order valence-corrected chi connectivity index (χ3v) is 2.73. The first-order valence-electron chi connectivity index (χ1n) is 6.19. The van der Waals surface area contributed by atoms with Crippen LogP contribution >= 0.6 is 0 Å². The summed E-state index contributed by atoms with van der Waals surface area (Å²) < 4.78 is 5.57. The summed E-state index contributed by atoms with van der Waals surface area (Å²) in [5, 5.41) is 8.93. The maximum atomic E-state index is 10.9. The van der Waals surface area contributed by atoms with Crippen molar-refractivity contribution in [1.82, 2.24) is 4.90 Å². The number of para-hydroxylation sites is 1. The monoisotopic (exact) mass is 261 g/mol. The number of ether oxygens (including phenoxy) is 1. The van der Waals surface area contributed by atoms with Crippen LogP contribution in [0.5, 0.6) is 5.75 Å². The molecule has 0 fully saturated rings. The standard InChI is InChI=1S/C14H19N3O2/c1-11(2)17(10-14(16)18)7-8-19-13-6-4-3-5-12(13)9-15/h3-6,11H,7-8,10H2,1-2H3,(H2,16,18). The van der Waals surface area contributed by atoms with Gasteiger partial charge >= 0.3 is 0 Å². The van der Waals surface area contributed by atoms with Crippen molar-refractivity contribution in [3.05, 3.63) is 29.8 Å². The van der Waals surface area contributed by atoms with E-state index in [1.165, 1.54) is 0 Å². The minimum absolute atomic E-state index is 0.209. The van der Waals surface area contributed by atoms with Gasteiger partial charge < -0.3 is 10.5 Å². The Hall–Kier alpha value is -2.06. The van der Waals surface area contributed by atoms with E-state index in [9.17, 15) is 4.79 Å². The van der Waals surface area contributed by atoms with E-state index in [1.807, 2.05) is 24.8 Å². The molecule has 5 heteroatoms. The van der Waals surface area contributed by atoms with Crippen LogP contribution in [0.15, 0.2) is 24.3 Å². The van der Waals surface area contributed by atoms with E-state index in [4.69, 9.17) is 15.7 Å². The van der Waals surface area contributed by atoms with Crippen LogP contribution in [0.3, 0.4) is 0 Å². The summed E-state index contributed by atoms with van der Waals surface area (Å²) in [7, 11) is 0. The van der Waals surface area contributed by atoms with E-state index in [1.54, 1.807) is 18.2 Å². The lowest BCUT2D eigenvalue weighted by Crippen LogP contribution is -2.40. The van der Waals surface area contributed by atoms with Crippen molar-refractivity contribution < 1.29 is 9.53 Å². The summed E-state index contributed by atoms with van der Waals surface area (Å²) in [4.78, 5) is 12.9. The number of nitrogens with two attached hydrogens (primary N) is 1. The van der Waals surface area contributed by atoms with Gasteiger partial charge in [-0.25, -0.2) is 0 Å². The molecule has 19 heavy (non-hydrogen) atoms. The highest BCUT2D eigenvalue weighted by Crippen LogP contribution is 2.16. The second kappa shape index (κ2) is 7.39. The van der Waals surface area contributed by atoms with E-state index in [2.05, 4.69) is 6.07 Å². The number of carbonyl (C=O) groups is 1. The fourth-order valence-corrected chi connectivity index (χ4v) is 1.68. The van der Waals surface area contributed by atoms with Gasteiger partial charge in [0.2, 0.25) is 5.91 Å². The van der Waals surface area contributed by atoms with Gasteiger partial charge in [0.1, 0.15) is 18.4 Å². The zero-order valence-corrected chi connectivity index (χ0v) is 11.3. The van der Waals surface area contributed by atoms with Gasteiger partial charge in [-0.05, 0) is 26.0 Å². The Morgan fingerprint density at radius 3 is 2.74 bits per heavy atom. The Kier molecular flexibility index (Phi) is 5.83. The molecular weight excluding hydrogens is 242 g/mol. The van der Waals surface area contributed by atoms with Crippen LogP contribution in [0.1, 0.15) is 19.4 Å². The molecule has 0 saturated heterocycles. The average Bonchev–Trinajstić information content (AvgIpc) is 2.37. The molecule has 0 radical (unpaired) electrons. The van der Waals surface area contributed by atoms with Crippen LogP contribution in [0, 0.1) is 11.3 Å². The molecule has 0 aliphatic carbocycles. The molecule has 0 atom stereocenters. The van der Waals surface area contributed by atoms with E-state index in [0.29, 0.717) is 24.5 Å². The van der Waals surface area contributed by atoms with E-state index < -0.39 is 0 Å². The average molecular weight is 261 g/mol. The first-order chi connectivity index (χ1) is 9.04. The lowest BCUT2D eigenvalue weighted by atomic mass is 10.2.